The first kappa shape index (κ1) is 22.3. The number of hydrogen-bond donors (Lipinski definition) is 4. The highest BCUT2D eigenvalue weighted by Crippen LogP contribution is 2.42. The van der Waals surface area contributed by atoms with Crippen LogP contribution in [0.2, 0.25) is 0 Å². The van der Waals surface area contributed by atoms with E-state index in [4.69, 9.17) is 9.97 Å². The highest BCUT2D eigenvalue weighted by molar-refractivity contribution is 5.61. The van der Waals surface area contributed by atoms with Crippen LogP contribution in [0.4, 0.5) is 11.6 Å². The lowest BCUT2D eigenvalue weighted by molar-refractivity contribution is 0.0883. The van der Waals surface area contributed by atoms with E-state index in [9.17, 15) is 5.11 Å². The topological polar surface area (TPSA) is 104 Å². The highest BCUT2D eigenvalue weighted by atomic mass is 16.3. The van der Waals surface area contributed by atoms with Crippen molar-refractivity contribution < 1.29 is 5.11 Å². The number of nitrogens with zero attached hydrogens (tertiary/aromatic N) is 5. The summed E-state index contributed by atoms with van der Waals surface area (Å²) < 4.78 is 4.13. The largest absolute Gasteiger partial charge is 0.391 e. The number of nitrogens with one attached hydrogen (secondary N) is 3. The molecule has 2 atom stereocenters. The molecule has 1 aliphatic heterocycles. The number of aliphatic hydroxyl groups is 1. The maximum Gasteiger partial charge on any atom is 0.163 e. The Hall–Kier alpha value is -3.17. The van der Waals surface area contributed by atoms with Crippen molar-refractivity contribution in [3.63, 3.8) is 0 Å². The van der Waals surface area contributed by atoms with E-state index in [1.165, 1.54) is 18.5 Å². The summed E-state index contributed by atoms with van der Waals surface area (Å²) >= 11 is 0. The van der Waals surface area contributed by atoms with Gasteiger partial charge in [0, 0.05) is 42.8 Å². The maximum atomic E-state index is 10.3. The molecule has 184 valence electrons. The number of pyridine rings is 1. The van der Waals surface area contributed by atoms with E-state index in [0.717, 1.165) is 47.2 Å². The van der Waals surface area contributed by atoms with E-state index in [0.29, 0.717) is 31.5 Å². The molecule has 35 heavy (non-hydrogen) atoms. The summed E-state index contributed by atoms with van der Waals surface area (Å²) in [5.41, 5.74) is 5.38. The summed E-state index contributed by atoms with van der Waals surface area (Å²) in [6, 6.07) is 8.19. The van der Waals surface area contributed by atoms with Gasteiger partial charge in [0.15, 0.2) is 5.65 Å². The predicted molar refractivity (Wildman–Crippen MR) is 137 cm³/mol. The van der Waals surface area contributed by atoms with Crippen LogP contribution < -0.4 is 16.0 Å². The van der Waals surface area contributed by atoms with E-state index in [1.807, 2.05) is 22.8 Å². The number of hydrogen-bond acceptors (Lipinski definition) is 7. The first-order valence-electron chi connectivity index (χ1n) is 12.8. The van der Waals surface area contributed by atoms with Crippen LogP contribution >= 0.6 is 0 Å². The zero-order chi connectivity index (χ0) is 23.9. The molecule has 4 aromatic rings. The molecule has 0 aromatic carbocycles. The number of piperidine rings is 1. The van der Waals surface area contributed by atoms with Crippen LogP contribution in [-0.2, 0) is 6.54 Å². The van der Waals surface area contributed by atoms with Crippen molar-refractivity contribution in [3.05, 3.63) is 53.6 Å². The van der Waals surface area contributed by atoms with Crippen molar-refractivity contribution in [1.29, 1.82) is 0 Å². The standard InChI is InChI=1S/C26H34N8O/c1-16(2)19-13-30-34-24(11-22(32-26(19)34)28-12-18-8-9-27-15-21(18)35)29-14-20-25(17-6-7-17)33-10-4-3-5-23(33)31-20/h3-5,10-11,13,16-18,21,27,29,35H,6-9,12,14-15H2,1-2H3,(H,28,32)/t18-,21+/m1/s1. The third-order valence-corrected chi connectivity index (χ3v) is 7.30. The van der Waals surface area contributed by atoms with E-state index in [-0.39, 0.29) is 12.0 Å². The minimum atomic E-state index is -0.338. The number of imidazole rings is 1. The van der Waals surface area contributed by atoms with Crippen molar-refractivity contribution in [2.75, 3.05) is 30.3 Å². The zero-order valence-corrected chi connectivity index (χ0v) is 20.4. The summed E-state index contributed by atoms with van der Waals surface area (Å²) in [5.74, 6) is 2.79. The van der Waals surface area contributed by atoms with E-state index in [2.05, 4.69) is 57.6 Å². The third kappa shape index (κ3) is 4.34. The quantitative estimate of drug-likeness (QED) is 0.310. The molecule has 0 spiro atoms. The van der Waals surface area contributed by atoms with Crippen molar-refractivity contribution in [3.8, 4) is 0 Å². The number of anilines is 2. The van der Waals surface area contributed by atoms with Gasteiger partial charge in [-0.25, -0.2) is 9.97 Å². The van der Waals surface area contributed by atoms with Crippen molar-refractivity contribution in [2.24, 2.45) is 5.92 Å². The van der Waals surface area contributed by atoms with Crippen molar-refractivity contribution in [2.45, 2.75) is 57.6 Å². The molecule has 4 aromatic heterocycles. The van der Waals surface area contributed by atoms with E-state index >= 15 is 0 Å². The van der Waals surface area contributed by atoms with Crippen LogP contribution in [-0.4, -0.2) is 54.8 Å². The summed E-state index contributed by atoms with van der Waals surface area (Å²) in [6.45, 7) is 7.22. The lowest BCUT2D eigenvalue weighted by Gasteiger charge is -2.28. The monoisotopic (exact) mass is 474 g/mol. The van der Waals surface area contributed by atoms with Crippen LogP contribution in [0.1, 0.15) is 61.9 Å². The molecule has 6 rings (SSSR count). The first-order chi connectivity index (χ1) is 17.1. The Balaban J connectivity index is 1.30. The molecule has 9 nitrogen and oxygen atoms in total. The van der Waals surface area contributed by atoms with Crippen LogP contribution in [0.25, 0.3) is 11.3 Å². The summed E-state index contributed by atoms with van der Waals surface area (Å²) in [7, 11) is 0. The summed E-state index contributed by atoms with van der Waals surface area (Å²) in [4.78, 5) is 9.84. The molecule has 4 N–H and O–H groups in total. The highest BCUT2D eigenvalue weighted by Gasteiger charge is 2.30. The van der Waals surface area contributed by atoms with Crippen LogP contribution in [0.3, 0.4) is 0 Å². The van der Waals surface area contributed by atoms with Gasteiger partial charge in [-0.2, -0.15) is 9.61 Å². The molecular formula is C26H34N8O. The number of β-amino-alcohol motifs (C(OH)–C–C–N with tert-alkyl or cyclic N) is 1. The van der Waals surface area contributed by atoms with Gasteiger partial charge in [-0.05, 0) is 43.9 Å². The Bertz CT molecular complexity index is 1340. The van der Waals surface area contributed by atoms with Crippen molar-refractivity contribution in [1.82, 2.24) is 29.3 Å². The molecule has 2 fully saturated rings. The first-order valence-corrected chi connectivity index (χ1v) is 12.8. The number of aromatic nitrogens is 5. The molecule has 5 heterocycles. The van der Waals surface area contributed by atoms with Gasteiger partial charge in [-0.1, -0.05) is 19.9 Å². The van der Waals surface area contributed by atoms with Gasteiger partial charge in [-0.3, -0.25) is 0 Å². The van der Waals surface area contributed by atoms with Gasteiger partial charge >= 0.3 is 0 Å². The third-order valence-electron chi connectivity index (χ3n) is 7.30. The fraction of sp³-hybridized carbons (Fsp3) is 0.500. The minimum Gasteiger partial charge on any atom is -0.391 e. The van der Waals surface area contributed by atoms with Gasteiger partial charge in [-0.15, -0.1) is 0 Å². The summed E-state index contributed by atoms with van der Waals surface area (Å²) in [5, 5.41) is 25.4. The molecule has 0 bridgehead atoms. The van der Waals surface area contributed by atoms with Crippen molar-refractivity contribution >= 4 is 22.9 Å². The fourth-order valence-corrected chi connectivity index (χ4v) is 5.13. The predicted octanol–water partition coefficient (Wildman–Crippen LogP) is 3.37. The van der Waals surface area contributed by atoms with Gasteiger partial charge in [0.05, 0.1) is 30.2 Å². The lowest BCUT2D eigenvalue weighted by Crippen LogP contribution is -2.43. The molecule has 0 radical (unpaired) electrons. The molecule has 0 unspecified atom stereocenters. The second kappa shape index (κ2) is 9.13. The Kier molecular flexibility index (Phi) is 5.82. The number of aliphatic hydroxyl groups excluding tert-OH is 1. The zero-order valence-electron chi connectivity index (χ0n) is 20.4. The average molecular weight is 475 g/mol. The Labute approximate surface area is 205 Å². The Morgan fingerprint density at radius 1 is 1.17 bits per heavy atom. The smallest absolute Gasteiger partial charge is 0.163 e. The SMILES string of the molecule is CC(C)c1cnn2c(NCc3nc4ccccn4c3C3CC3)cc(NC[C@H]3CCNC[C@@H]3O)nc12. The Morgan fingerprint density at radius 3 is 2.86 bits per heavy atom. The number of rotatable bonds is 8. The maximum absolute atomic E-state index is 10.3. The van der Waals surface area contributed by atoms with Gasteiger partial charge < -0.3 is 25.5 Å². The molecular weight excluding hydrogens is 440 g/mol. The second-order valence-corrected chi connectivity index (χ2v) is 10.2. The summed E-state index contributed by atoms with van der Waals surface area (Å²) in [6.07, 6.45) is 7.09. The molecule has 0 amide bonds. The molecule has 9 heteroatoms. The number of fused-ring (bicyclic) bond motifs is 2. The van der Waals surface area contributed by atoms with Gasteiger partial charge in [0.2, 0.25) is 0 Å². The molecule has 1 saturated heterocycles. The van der Waals surface area contributed by atoms with Crippen LogP contribution in [0.5, 0.6) is 0 Å². The van der Waals surface area contributed by atoms with Crippen LogP contribution in [0.15, 0.2) is 36.7 Å². The molecule has 2 aliphatic rings. The second-order valence-electron chi connectivity index (χ2n) is 10.2. The van der Waals surface area contributed by atoms with E-state index in [1.54, 1.807) is 0 Å². The fourth-order valence-electron chi connectivity index (χ4n) is 5.13. The van der Waals surface area contributed by atoms with Gasteiger partial charge in [0.25, 0.3) is 0 Å². The average Bonchev–Trinajstić information content (AvgIpc) is 3.48. The normalized spacial score (nSPS) is 20.7. The lowest BCUT2D eigenvalue weighted by atomic mass is 9.95. The van der Waals surface area contributed by atoms with Crippen LogP contribution in [0, 0.1) is 5.92 Å². The van der Waals surface area contributed by atoms with Gasteiger partial charge in [0.1, 0.15) is 17.3 Å². The molecule has 1 aliphatic carbocycles. The molecule has 1 saturated carbocycles. The van der Waals surface area contributed by atoms with E-state index < -0.39 is 0 Å². The minimum absolute atomic E-state index is 0.208. The Morgan fingerprint density at radius 2 is 2.06 bits per heavy atom.